The second-order valence-electron chi connectivity index (χ2n) is 7.18. The number of rotatable bonds is 5. The largest absolute Gasteiger partial charge is 0.393 e. The minimum Gasteiger partial charge on any atom is -0.393 e. The molecule has 3 atom stereocenters. The van der Waals surface area contributed by atoms with Gasteiger partial charge in [-0.3, -0.25) is 4.90 Å². The minimum atomic E-state index is -0.155. The molecule has 1 heterocycles. The van der Waals surface area contributed by atoms with E-state index < -0.39 is 0 Å². The van der Waals surface area contributed by atoms with Crippen molar-refractivity contribution < 1.29 is 5.11 Å². The first-order valence-electron chi connectivity index (χ1n) is 8.38. The van der Waals surface area contributed by atoms with Gasteiger partial charge in [-0.1, -0.05) is 12.8 Å². The Bertz CT molecular complexity index is 274. The van der Waals surface area contributed by atoms with Crippen molar-refractivity contribution in [2.24, 2.45) is 11.8 Å². The number of aliphatic hydroxyl groups is 1. The maximum Gasteiger partial charge on any atom is 0.0553 e. The van der Waals surface area contributed by atoms with Gasteiger partial charge in [-0.05, 0) is 57.4 Å². The van der Waals surface area contributed by atoms with Crippen molar-refractivity contribution in [2.75, 3.05) is 19.6 Å². The standard InChI is InChI=1S/C16H30N2O/c1-12(19)14-8-15(11-18(10-14)16-6-7-16)17-9-13-4-2-3-5-13/h12-17,19H,2-11H2,1H3. The molecule has 0 aromatic carbocycles. The lowest BCUT2D eigenvalue weighted by atomic mass is 9.89. The smallest absolute Gasteiger partial charge is 0.0553 e. The van der Waals surface area contributed by atoms with Crippen LogP contribution in [-0.4, -0.2) is 47.8 Å². The van der Waals surface area contributed by atoms with Gasteiger partial charge in [-0.25, -0.2) is 0 Å². The lowest BCUT2D eigenvalue weighted by molar-refractivity contribution is 0.0440. The second kappa shape index (κ2) is 6.11. The molecule has 0 aromatic heterocycles. The van der Waals surface area contributed by atoms with Gasteiger partial charge in [0.25, 0.3) is 0 Å². The van der Waals surface area contributed by atoms with Crippen LogP contribution in [0.3, 0.4) is 0 Å². The van der Waals surface area contributed by atoms with Gasteiger partial charge >= 0.3 is 0 Å². The van der Waals surface area contributed by atoms with Crippen molar-refractivity contribution in [3.05, 3.63) is 0 Å². The Morgan fingerprint density at radius 1 is 1.16 bits per heavy atom. The van der Waals surface area contributed by atoms with Crippen LogP contribution in [0.5, 0.6) is 0 Å². The van der Waals surface area contributed by atoms with E-state index in [2.05, 4.69) is 10.2 Å². The van der Waals surface area contributed by atoms with Gasteiger partial charge in [0.1, 0.15) is 0 Å². The fourth-order valence-electron chi connectivity index (χ4n) is 3.96. The van der Waals surface area contributed by atoms with E-state index in [0.717, 1.165) is 24.9 Å². The maximum absolute atomic E-state index is 9.94. The maximum atomic E-state index is 9.94. The third-order valence-corrected chi connectivity index (χ3v) is 5.43. The predicted molar refractivity (Wildman–Crippen MR) is 78.1 cm³/mol. The molecule has 3 nitrogen and oxygen atoms in total. The summed E-state index contributed by atoms with van der Waals surface area (Å²) in [7, 11) is 0. The van der Waals surface area contributed by atoms with Gasteiger partial charge in [0.2, 0.25) is 0 Å². The molecule has 1 aliphatic heterocycles. The molecule has 0 bridgehead atoms. The van der Waals surface area contributed by atoms with E-state index >= 15 is 0 Å². The number of nitrogens with one attached hydrogen (secondary N) is 1. The Morgan fingerprint density at radius 2 is 1.89 bits per heavy atom. The Kier molecular flexibility index (Phi) is 4.45. The number of piperidine rings is 1. The van der Waals surface area contributed by atoms with Crippen molar-refractivity contribution in [3.8, 4) is 0 Å². The van der Waals surface area contributed by atoms with Crippen molar-refractivity contribution in [1.82, 2.24) is 10.2 Å². The Labute approximate surface area is 117 Å². The van der Waals surface area contributed by atoms with Crippen LogP contribution >= 0.6 is 0 Å². The summed E-state index contributed by atoms with van der Waals surface area (Å²) >= 11 is 0. The average Bonchev–Trinajstić information content (AvgIpc) is 3.13. The second-order valence-corrected chi connectivity index (χ2v) is 7.18. The molecule has 2 N–H and O–H groups in total. The van der Waals surface area contributed by atoms with Crippen LogP contribution in [0, 0.1) is 11.8 Å². The highest BCUT2D eigenvalue weighted by atomic mass is 16.3. The van der Waals surface area contributed by atoms with Crippen LogP contribution in [0.4, 0.5) is 0 Å². The number of nitrogens with zero attached hydrogens (tertiary/aromatic N) is 1. The molecule has 19 heavy (non-hydrogen) atoms. The van der Waals surface area contributed by atoms with Crippen LogP contribution in [0.2, 0.25) is 0 Å². The molecule has 0 aromatic rings. The minimum absolute atomic E-state index is 0.155. The van der Waals surface area contributed by atoms with Gasteiger partial charge in [0.05, 0.1) is 6.10 Å². The highest BCUT2D eigenvalue weighted by Crippen LogP contribution is 2.32. The zero-order chi connectivity index (χ0) is 13.2. The molecule has 2 aliphatic carbocycles. The Balaban J connectivity index is 1.50. The highest BCUT2D eigenvalue weighted by molar-refractivity contribution is 4.93. The summed E-state index contributed by atoms with van der Waals surface area (Å²) in [5.41, 5.74) is 0. The molecule has 3 heteroatoms. The van der Waals surface area contributed by atoms with Crippen LogP contribution < -0.4 is 5.32 Å². The molecular formula is C16H30N2O. The van der Waals surface area contributed by atoms with Gasteiger partial charge in [0.15, 0.2) is 0 Å². The molecule has 3 unspecified atom stereocenters. The summed E-state index contributed by atoms with van der Waals surface area (Å²) in [6.07, 6.45) is 9.47. The average molecular weight is 266 g/mol. The molecular weight excluding hydrogens is 236 g/mol. The molecule has 0 amide bonds. The predicted octanol–water partition coefficient (Wildman–Crippen LogP) is 2.00. The fourth-order valence-corrected chi connectivity index (χ4v) is 3.96. The zero-order valence-electron chi connectivity index (χ0n) is 12.4. The fraction of sp³-hybridized carbons (Fsp3) is 1.00. The molecule has 0 spiro atoms. The third-order valence-electron chi connectivity index (χ3n) is 5.43. The van der Waals surface area contributed by atoms with Crippen LogP contribution in [0.1, 0.15) is 51.9 Å². The number of aliphatic hydroxyl groups excluding tert-OH is 1. The van der Waals surface area contributed by atoms with Gasteiger partial charge in [-0.2, -0.15) is 0 Å². The molecule has 1 saturated heterocycles. The van der Waals surface area contributed by atoms with Crippen LogP contribution in [0.15, 0.2) is 0 Å². The van der Waals surface area contributed by atoms with Crippen molar-refractivity contribution >= 4 is 0 Å². The van der Waals surface area contributed by atoms with E-state index in [9.17, 15) is 5.11 Å². The van der Waals surface area contributed by atoms with Gasteiger partial charge < -0.3 is 10.4 Å². The Hall–Kier alpha value is -0.120. The SMILES string of the molecule is CC(O)C1CC(NCC2CCCC2)CN(C2CC2)C1. The zero-order valence-corrected chi connectivity index (χ0v) is 12.4. The lowest BCUT2D eigenvalue weighted by Crippen LogP contribution is -2.52. The van der Waals surface area contributed by atoms with Crippen molar-refractivity contribution in [2.45, 2.75) is 70.1 Å². The molecule has 0 radical (unpaired) electrons. The van der Waals surface area contributed by atoms with Crippen molar-refractivity contribution in [3.63, 3.8) is 0 Å². The van der Waals surface area contributed by atoms with E-state index in [1.165, 1.54) is 51.6 Å². The molecule has 3 aliphatic rings. The summed E-state index contributed by atoms with van der Waals surface area (Å²) in [5.74, 6) is 1.39. The summed E-state index contributed by atoms with van der Waals surface area (Å²) in [4.78, 5) is 2.63. The molecule has 110 valence electrons. The number of likely N-dealkylation sites (tertiary alicyclic amines) is 1. The Morgan fingerprint density at radius 3 is 2.53 bits per heavy atom. The topological polar surface area (TPSA) is 35.5 Å². The van der Waals surface area contributed by atoms with E-state index in [4.69, 9.17) is 0 Å². The monoisotopic (exact) mass is 266 g/mol. The first-order chi connectivity index (χ1) is 9.22. The van der Waals surface area contributed by atoms with E-state index in [1.807, 2.05) is 6.92 Å². The number of hydrogen-bond acceptors (Lipinski definition) is 3. The quantitative estimate of drug-likeness (QED) is 0.799. The van der Waals surface area contributed by atoms with E-state index in [-0.39, 0.29) is 6.10 Å². The van der Waals surface area contributed by atoms with Crippen LogP contribution in [-0.2, 0) is 0 Å². The number of hydrogen-bond donors (Lipinski definition) is 2. The van der Waals surface area contributed by atoms with Crippen LogP contribution in [0.25, 0.3) is 0 Å². The molecule has 2 saturated carbocycles. The lowest BCUT2D eigenvalue weighted by Gasteiger charge is -2.40. The van der Waals surface area contributed by atoms with E-state index in [1.54, 1.807) is 0 Å². The van der Waals surface area contributed by atoms with Crippen molar-refractivity contribution in [1.29, 1.82) is 0 Å². The van der Waals surface area contributed by atoms with E-state index in [0.29, 0.717) is 12.0 Å². The normalized spacial score (nSPS) is 35.7. The summed E-state index contributed by atoms with van der Waals surface area (Å²) in [5, 5.41) is 13.7. The molecule has 3 rings (SSSR count). The first-order valence-corrected chi connectivity index (χ1v) is 8.38. The van der Waals surface area contributed by atoms with Gasteiger partial charge in [0, 0.05) is 25.2 Å². The molecule has 3 fully saturated rings. The summed E-state index contributed by atoms with van der Waals surface area (Å²) in [6, 6.07) is 1.44. The first kappa shape index (κ1) is 13.8. The highest BCUT2D eigenvalue weighted by Gasteiger charge is 2.37. The van der Waals surface area contributed by atoms with Gasteiger partial charge in [-0.15, -0.1) is 0 Å². The third kappa shape index (κ3) is 3.71. The summed E-state index contributed by atoms with van der Waals surface area (Å²) in [6.45, 7) is 5.50. The summed E-state index contributed by atoms with van der Waals surface area (Å²) < 4.78 is 0.